The molecule has 18 heavy (non-hydrogen) atoms. The molecular weight excluding hydrogens is 228 g/mol. The highest BCUT2D eigenvalue weighted by molar-refractivity contribution is 5.95. The first kappa shape index (κ1) is 14.2. The zero-order valence-corrected chi connectivity index (χ0v) is 11.2. The van der Waals surface area contributed by atoms with Gasteiger partial charge >= 0.3 is 0 Å². The highest BCUT2D eigenvalue weighted by Crippen LogP contribution is 2.25. The zero-order chi connectivity index (χ0) is 13.5. The van der Waals surface area contributed by atoms with E-state index in [2.05, 4.69) is 10.6 Å². The van der Waals surface area contributed by atoms with E-state index in [0.717, 1.165) is 23.4 Å². The first-order chi connectivity index (χ1) is 8.62. The van der Waals surface area contributed by atoms with Gasteiger partial charge in [-0.05, 0) is 24.1 Å². The molecule has 4 heteroatoms. The summed E-state index contributed by atoms with van der Waals surface area (Å²) >= 11 is 0. The second-order valence-corrected chi connectivity index (χ2v) is 3.99. The first-order valence-electron chi connectivity index (χ1n) is 6.33. The van der Waals surface area contributed by atoms with Gasteiger partial charge in [0.05, 0.1) is 0 Å². The molecule has 0 spiro atoms. The SMILES string of the molecule is CCC(=O)Nc1cccc(NC(=O)CC)c1CC. The summed E-state index contributed by atoms with van der Waals surface area (Å²) in [4.78, 5) is 22.9. The fraction of sp³-hybridized carbons (Fsp3) is 0.429. The Hall–Kier alpha value is -1.84. The smallest absolute Gasteiger partial charge is 0.224 e. The van der Waals surface area contributed by atoms with Crippen LogP contribution in [-0.2, 0) is 16.0 Å². The molecule has 0 saturated carbocycles. The summed E-state index contributed by atoms with van der Waals surface area (Å²) in [6, 6.07) is 5.54. The lowest BCUT2D eigenvalue weighted by atomic mass is 10.1. The van der Waals surface area contributed by atoms with Crippen LogP contribution in [0.15, 0.2) is 18.2 Å². The van der Waals surface area contributed by atoms with Gasteiger partial charge in [0.15, 0.2) is 0 Å². The van der Waals surface area contributed by atoms with Crippen LogP contribution < -0.4 is 10.6 Å². The maximum absolute atomic E-state index is 11.4. The summed E-state index contributed by atoms with van der Waals surface area (Å²) in [5, 5.41) is 5.71. The van der Waals surface area contributed by atoms with Crippen LogP contribution in [0.5, 0.6) is 0 Å². The second kappa shape index (κ2) is 6.79. The monoisotopic (exact) mass is 248 g/mol. The maximum Gasteiger partial charge on any atom is 0.224 e. The van der Waals surface area contributed by atoms with Crippen LogP contribution in [0.25, 0.3) is 0 Å². The molecule has 2 N–H and O–H groups in total. The Bertz CT molecular complexity index is 405. The molecule has 98 valence electrons. The fourth-order valence-electron chi connectivity index (χ4n) is 1.68. The Morgan fingerprint density at radius 1 is 0.944 bits per heavy atom. The van der Waals surface area contributed by atoms with Gasteiger partial charge in [0.25, 0.3) is 0 Å². The number of hydrogen-bond acceptors (Lipinski definition) is 2. The molecule has 0 unspecified atom stereocenters. The summed E-state index contributed by atoms with van der Waals surface area (Å²) in [7, 11) is 0. The number of carbonyl (C=O) groups excluding carboxylic acids is 2. The van der Waals surface area contributed by atoms with Gasteiger partial charge < -0.3 is 10.6 Å². The zero-order valence-electron chi connectivity index (χ0n) is 11.2. The van der Waals surface area contributed by atoms with Gasteiger partial charge in [0.2, 0.25) is 11.8 Å². The van der Waals surface area contributed by atoms with Crippen molar-refractivity contribution in [3.05, 3.63) is 23.8 Å². The second-order valence-electron chi connectivity index (χ2n) is 3.99. The molecule has 0 fully saturated rings. The van der Waals surface area contributed by atoms with E-state index in [0.29, 0.717) is 12.8 Å². The van der Waals surface area contributed by atoms with Crippen LogP contribution in [0.1, 0.15) is 39.2 Å². The van der Waals surface area contributed by atoms with Gasteiger partial charge in [-0.3, -0.25) is 9.59 Å². The average Bonchev–Trinajstić information content (AvgIpc) is 2.38. The Morgan fingerprint density at radius 3 is 1.72 bits per heavy atom. The molecule has 0 saturated heterocycles. The molecule has 0 radical (unpaired) electrons. The van der Waals surface area contributed by atoms with Crippen molar-refractivity contribution in [3.8, 4) is 0 Å². The largest absolute Gasteiger partial charge is 0.326 e. The molecule has 0 aliphatic heterocycles. The third-order valence-electron chi connectivity index (χ3n) is 2.72. The molecule has 1 rings (SSSR count). The molecule has 0 heterocycles. The number of hydrogen-bond donors (Lipinski definition) is 2. The number of amides is 2. The number of nitrogens with one attached hydrogen (secondary N) is 2. The Morgan fingerprint density at radius 2 is 1.39 bits per heavy atom. The highest BCUT2D eigenvalue weighted by atomic mass is 16.2. The average molecular weight is 248 g/mol. The minimum Gasteiger partial charge on any atom is -0.326 e. The summed E-state index contributed by atoms with van der Waals surface area (Å²) in [5.74, 6) is -0.0488. The summed E-state index contributed by atoms with van der Waals surface area (Å²) in [5.41, 5.74) is 2.51. The maximum atomic E-state index is 11.4. The normalized spacial score (nSPS) is 9.94. The van der Waals surface area contributed by atoms with Crippen molar-refractivity contribution in [1.29, 1.82) is 0 Å². The van der Waals surface area contributed by atoms with Crippen LogP contribution in [0.2, 0.25) is 0 Å². The molecule has 1 aromatic carbocycles. The summed E-state index contributed by atoms with van der Waals surface area (Å²) < 4.78 is 0. The quantitative estimate of drug-likeness (QED) is 0.841. The van der Waals surface area contributed by atoms with E-state index in [1.54, 1.807) is 0 Å². The molecule has 1 aromatic rings. The van der Waals surface area contributed by atoms with E-state index in [-0.39, 0.29) is 11.8 Å². The van der Waals surface area contributed by atoms with Crippen molar-refractivity contribution < 1.29 is 9.59 Å². The van der Waals surface area contributed by atoms with E-state index in [1.807, 2.05) is 39.0 Å². The Labute approximate surface area is 108 Å². The first-order valence-corrected chi connectivity index (χ1v) is 6.33. The molecule has 0 bridgehead atoms. The number of anilines is 2. The van der Waals surface area contributed by atoms with Gasteiger partial charge in [0, 0.05) is 24.2 Å². The molecule has 0 atom stereocenters. The van der Waals surface area contributed by atoms with E-state index < -0.39 is 0 Å². The van der Waals surface area contributed by atoms with Crippen LogP contribution in [-0.4, -0.2) is 11.8 Å². The Balaban J connectivity index is 3.01. The lowest BCUT2D eigenvalue weighted by Crippen LogP contribution is -2.15. The van der Waals surface area contributed by atoms with Gasteiger partial charge in [0.1, 0.15) is 0 Å². The van der Waals surface area contributed by atoms with Crippen molar-refractivity contribution >= 4 is 23.2 Å². The van der Waals surface area contributed by atoms with E-state index in [1.165, 1.54) is 0 Å². The molecule has 0 aromatic heterocycles. The van der Waals surface area contributed by atoms with E-state index in [9.17, 15) is 9.59 Å². The highest BCUT2D eigenvalue weighted by Gasteiger charge is 2.10. The van der Waals surface area contributed by atoms with Gasteiger partial charge in [-0.2, -0.15) is 0 Å². The van der Waals surface area contributed by atoms with Crippen LogP contribution in [0.4, 0.5) is 11.4 Å². The van der Waals surface area contributed by atoms with Crippen LogP contribution in [0, 0.1) is 0 Å². The predicted octanol–water partition coefficient (Wildman–Crippen LogP) is 2.95. The standard InChI is InChI=1S/C14H20N2O2/c1-4-10-11(15-13(17)5-2)8-7-9-12(10)16-14(18)6-3/h7-9H,4-6H2,1-3H3,(H,15,17)(H,16,18). The van der Waals surface area contributed by atoms with Gasteiger partial charge in [-0.15, -0.1) is 0 Å². The van der Waals surface area contributed by atoms with Crippen molar-refractivity contribution in [3.63, 3.8) is 0 Å². The van der Waals surface area contributed by atoms with Crippen LogP contribution in [0.3, 0.4) is 0 Å². The molecule has 0 aliphatic carbocycles. The third-order valence-corrected chi connectivity index (χ3v) is 2.72. The molecular formula is C14H20N2O2. The number of rotatable bonds is 5. The van der Waals surface area contributed by atoms with E-state index in [4.69, 9.17) is 0 Å². The van der Waals surface area contributed by atoms with Crippen molar-refractivity contribution in [2.75, 3.05) is 10.6 Å². The minimum atomic E-state index is -0.0244. The topological polar surface area (TPSA) is 58.2 Å². The van der Waals surface area contributed by atoms with Crippen molar-refractivity contribution in [1.82, 2.24) is 0 Å². The van der Waals surface area contributed by atoms with Crippen molar-refractivity contribution in [2.45, 2.75) is 40.0 Å². The minimum absolute atomic E-state index is 0.0244. The predicted molar refractivity (Wildman–Crippen MR) is 73.7 cm³/mol. The molecule has 4 nitrogen and oxygen atoms in total. The van der Waals surface area contributed by atoms with Crippen LogP contribution >= 0.6 is 0 Å². The summed E-state index contributed by atoms with van der Waals surface area (Å²) in [6.45, 7) is 5.62. The fourth-order valence-corrected chi connectivity index (χ4v) is 1.68. The van der Waals surface area contributed by atoms with E-state index >= 15 is 0 Å². The van der Waals surface area contributed by atoms with Crippen molar-refractivity contribution in [2.24, 2.45) is 0 Å². The lowest BCUT2D eigenvalue weighted by molar-refractivity contribution is -0.116. The lowest BCUT2D eigenvalue weighted by Gasteiger charge is -2.14. The molecule has 0 aliphatic rings. The number of benzene rings is 1. The van der Waals surface area contributed by atoms with Gasteiger partial charge in [-0.25, -0.2) is 0 Å². The number of carbonyl (C=O) groups is 2. The Kier molecular flexibility index (Phi) is 5.36. The summed E-state index contributed by atoms with van der Waals surface area (Å²) in [6.07, 6.45) is 1.63. The third kappa shape index (κ3) is 3.58. The van der Waals surface area contributed by atoms with Gasteiger partial charge in [-0.1, -0.05) is 26.8 Å². The molecule has 2 amide bonds.